The van der Waals surface area contributed by atoms with Crippen LogP contribution in [0.1, 0.15) is 0 Å². The number of ether oxygens (including phenoxy) is 1. The molecule has 0 heterocycles. The summed E-state index contributed by atoms with van der Waals surface area (Å²) in [5.74, 6) is 0. The van der Waals surface area contributed by atoms with Gasteiger partial charge in [0.05, 0.1) is 13.2 Å². The smallest absolute Gasteiger partial charge is 0.382 e. The molecule has 68 valence electrons. The molecule has 1 N–H and O–H groups in total. The SMILES string of the molecule is COCCOP(=O)(O)N(C)C. The zero-order valence-corrected chi connectivity index (χ0v) is 7.88. The molecule has 0 aromatic carbocycles. The van der Waals surface area contributed by atoms with Gasteiger partial charge in [-0.15, -0.1) is 0 Å². The van der Waals surface area contributed by atoms with Crippen molar-refractivity contribution in [2.24, 2.45) is 0 Å². The lowest BCUT2D eigenvalue weighted by molar-refractivity contribution is 0.128. The topological polar surface area (TPSA) is 59.0 Å². The first-order valence-corrected chi connectivity index (χ1v) is 4.68. The fraction of sp³-hybridized carbons (Fsp3) is 1.00. The molecule has 1 atom stereocenters. The lowest BCUT2D eigenvalue weighted by Gasteiger charge is -2.17. The molecule has 0 bridgehead atoms. The largest absolute Gasteiger partial charge is 0.405 e. The zero-order valence-electron chi connectivity index (χ0n) is 6.98. The minimum absolute atomic E-state index is 0.127. The maximum absolute atomic E-state index is 11.0. The molecule has 5 nitrogen and oxygen atoms in total. The summed E-state index contributed by atoms with van der Waals surface area (Å²) in [5, 5.41) is 0. The van der Waals surface area contributed by atoms with E-state index in [2.05, 4.69) is 9.26 Å². The molecular weight excluding hydrogens is 169 g/mol. The summed E-state index contributed by atoms with van der Waals surface area (Å²) in [4.78, 5) is 9.02. The molecule has 6 heteroatoms. The first kappa shape index (κ1) is 11.1. The maximum Gasteiger partial charge on any atom is 0.405 e. The van der Waals surface area contributed by atoms with Crippen molar-refractivity contribution in [3.8, 4) is 0 Å². The average molecular weight is 183 g/mol. The van der Waals surface area contributed by atoms with Crippen LogP contribution in [0.5, 0.6) is 0 Å². The highest BCUT2D eigenvalue weighted by Crippen LogP contribution is 2.43. The monoisotopic (exact) mass is 183 g/mol. The van der Waals surface area contributed by atoms with Gasteiger partial charge < -0.3 is 9.63 Å². The lowest BCUT2D eigenvalue weighted by atomic mass is 10.8. The fourth-order valence-corrected chi connectivity index (χ4v) is 0.898. The Morgan fingerprint density at radius 1 is 1.45 bits per heavy atom. The van der Waals surface area contributed by atoms with Crippen LogP contribution in [-0.4, -0.2) is 44.0 Å². The quantitative estimate of drug-likeness (QED) is 0.491. The van der Waals surface area contributed by atoms with E-state index in [9.17, 15) is 4.57 Å². The molecule has 0 aliphatic heterocycles. The highest BCUT2D eigenvalue weighted by molar-refractivity contribution is 7.50. The predicted molar refractivity (Wildman–Crippen MR) is 41.3 cm³/mol. The summed E-state index contributed by atoms with van der Waals surface area (Å²) >= 11 is 0. The lowest BCUT2D eigenvalue weighted by Crippen LogP contribution is -2.12. The van der Waals surface area contributed by atoms with E-state index in [0.29, 0.717) is 6.61 Å². The second-order valence-electron chi connectivity index (χ2n) is 2.16. The highest BCUT2D eigenvalue weighted by Gasteiger charge is 2.21. The average Bonchev–Trinajstić information content (AvgIpc) is 1.88. The van der Waals surface area contributed by atoms with Gasteiger partial charge in [-0.1, -0.05) is 0 Å². The van der Waals surface area contributed by atoms with Crippen LogP contribution in [0.4, 0.5) is 0 Å². The first-order chi connectivity index (χ1) is 5.00. The third kappa shape index (κ3) is 4.50. The molecule has 0 radical (unpaired) electrons. The molecule has 0 fully saturated rings. The molecule has 0 aromatic heterocycles. The Morgan fingerprint density at radius 2 is 2.00 bits per heavy atom. The van der Waals surface area contributed by atoms with Gasteiger partial charge in [-0.25, -0.2) is 9.24 Å². The summed E-state index contributed by atoms with van der Waals surface area (Å²) in [7, 11) is 0.920. The predicted octanol–water partition coefficient (Wildman–Crippen LogP) is 0.311. The van der Waals surface area contributed by atoms with Gasteiger partial charge in [0, 0.05) is 7.11 Å². The number of methoxy groups -OCH3 is 1. The molecule has 0 saturated carbocycles. The van der Waals surface area contributed by atoms with Gasteiger partial charge in [0.15, 0.2) is 0 Å². The molecular formula is C5H14NO4P. The number of hydrogen-bond acceptors (Lipinski definition) is 3. The van der Waals surface area contributed by atoms with Crippen molar-refractivity contribution in [1.29, 1.82) is 0 Å². The molecule has 0 aliphatic carbocycles. The minimum Gasteiger partial charge on any atom is -0.382 e. The van der Waals surface area contributed by atoms with E-state index >= 15 is 0 Å². The van der Waals surface area contributed by atoms with Crippen molar-refractivity contribution in [3.05, 3.63) is 0 Å². The van der Waals surface area contributed by atoms with Crippen LogP contribution in [0, 0.1) is 0 Å². The van der Waals surface area contributed by atoms with Crippen LogP contribution in [0.2, 0.25) is 0 Å². The van der Waals surface area contributed by atoms with Crippen LogP contribution >= 0.6 is 7.75 Å². The van der Waals surface area contributed by atoms with Crippen molar-refractivity contribution >= 4 is 7.75 Å². The molecule has 11 heavy (non-hydrogen) atoms. The molecule has 1 unspecified atom stereocenters. The van der Waals surface area contributed by atoms with Gasteiger partial charge in [0.25, 0.3) is 0 Å². The zero-order chi connectivity index (χ0) is 8.91. The van der Waals surface area contributed by atoms with Gasteiger partial charge in [0.2, 0.25) is 0 Å². The van der Waals surface area contributed by atoms with E-state index in [1.165, 1.54) is 21.2 Å². The van der Waals surface area contributed by atoms with Crippen LogP contribution < -0.4 is 0 Å². The molecule has 0 aromatic rings. The summed E-state index contributed by atoms with van der Waals surface area (Å²) in [6.45, 7) is 0.445. The number of rotatable bonds is 5. The number of hydrogen-bond donors (Lipinski definition) is 1. The second kappa shape index (κ2) is 4.85. The van der Waals surface area contributed by atoms with Crippen molar-refractivity contribution < 1.29 is 18.7 Å². The summed E-state index contributed by atoms with van der Waals surface area (Å²) in [5.41, 5.74) is 0. The van der Waals surface area contributed by atoms with E-state index in [4.69, 9.17) is 4.89 Å². The summed E-state index contributed by atoms with van der Waals surface area (Å²) in [6.07, 6.45) is 0. The van der Waals surface area contributed by atoms with Gasteiger partial charge in [0.1, 0.15) is 0 Å². The van der Waals surface area contributed by atoms with Crippen LogP contribution in [0.3, 0.4) is 0 Å². The van der Waals surface area contributed by atoms with E-state index in [-0.39, 0.29) is 6.61 Å². The highest BCUT2D eigenvalue weighted by atomic mass is 31.2. The Hall–Kier alpha value is 0.0700. The van der Waals surface area contributed by atoms with Crippen LogP contribution in [-0.2, 0) is 13.8 Å². The molecule has 0 aliphatic rings. The first-order valence-electron chi connectivity index (χ1n) is 3.15. The Balaban J connectivity index is 3.65. The molecule has 0 saturated heterocycles. The van der Waals surface area contributed by atoms with E-state index < -0.39 is 7.75 Å². The van der Waals surface area contributed by atoms with E-state index in [1.807, 2.05) is 0 Å². The van der Waals surface area contributed by atoms with Crippen molar-refractivity contribution in [3.63, 3.8) is 0 Å². The van der Waals surface area contributed by atoms with Gasteiger partial charge in [-0.2, -0.15) is 0 Å². The molecule has 0 amide bonds. The minimum atomic E-state index is -3.54. The summed E-state index contributed by atoms with van der Waals surface area (Å²) in [6, 6.07) is 0. The maximum atomic E-state index is 11.0. The standard InChI is InChI=1S/C5H14NO4P/c1-6(2)11(7,8)10-5-4-9-3/h4-5H2,1-3H3,(H,7,8). The summed E-state index contributed by atoms with van der Waals surface area (Å²) < 4.78 is 21.4. The number of nitrogens with zero attached hydrogens (tertiary/aromatic N) is 1. The normalized spacial score (nSPS) is 16.8. The van der Waals surface area contributed by atoms with Gasteiger partial charge >= 0.3 is 7.75 Å². The molecule has 0 spiro atoms. The van der Waals surface area contributed by atoms with Crippen LogP contribution in [0.15, 0.2) is 0 Å². The fourth-order valence-electron chi connectivity index (χ4n) is 0.355. The Labute approximate surface area is 66.5 Å². The van der Waals surface area contributed by atoms with E-state index in [0.717, 1.165) is 4.67 Å². The molecule has 0 rings (SSSR count). The third-order valence-electron chi connectivity index (χ3n) is 1.05. The van der Waals surface area contributed by atoms with E-state index in [1.54, 1.807) is 0 Å². The third-order valence-corrected chi connectivity index (χ3v) is 2.58. The Kier molecular flexibility index (Phi) is 4.88. The Morgan fingerprint density at radius 3 is 2.36 bits per heavy atom. The Bertz CT molecular complexity index is 149. The van der Waals surface area contributed by atoms with Crippen molar-refractivity contribution in [1.82, 2.24) is 4.67 Å². The second-order valence-corrected chi connectivity index (χ2v) is 4.20. The van der Waals surface area contributed by atoms with Gasteiger partial charge in [-0.05, 0) is 14.1 Å². The van der Waals surface area contributed by atoms with Crippen molar-refractivity contribution in [2.75, 3.05) is 34.4 Å². The van der Waals surface area contributed by atoms with Crippen molar-refractivity contribution in [2.45, 2.75) is 0 Å². The van der Waals surface area contributed by atoms with Gasteiger partial charge in [-0.3, -0.25) is 4.52 Å². The van der Waals surface area contributed by atoms with Crippen LogP contribution in [0.25, 0.3) is 0 Å².